The van der Waals surface area contributed by atoms with Crippen LogP contribution in [0, 0.1) is 0 Å². The molecule has 3 heteroatoms. The van der Waals surface area contributed by atoms with Gasteiger partial charge in [0.2, 0.25) is 0 Å². The van der Waals surface area contributed by atoms with Crippen LogP contribution in [0.3, 0.4) is 0 Å². The van der Waals surface area contributed by atoms with Crippen LogP contribution in [0.1, 0.15) is 32.8 Å². The molecular weight excluding hydrogens is 238 g/mol. The van der Waals surface area contributed by atoms with Gasteiger partial charge in [-0.2, -0.15) is 0 Å². The van der Waals surface area contributed by atoms with Gasteiger partial charge in [0.15, 0.2) is 0 Å². The second-order valence-corrected chi connectivity index (χ2v) is 5.95. The number of para-hydroxylation sites is 1. The zero-order valence-corrected chi connectivity index (χ0v) is 12.5. The zero-order valence-electron chi connectivity index (χ0n) is 12.5. The third-order valence-corrected chi connectivity index (χ3v) is 4.00. The van der Waals surface area contributed by atoms with Gasteiger partial charge in [0.05, 0.1) is 18.3 Å². The van der Waals surface area contributed by atoms with Gasteiger partial charge in [-0.3, -0.25) is 0 Å². The zero-order chi connectivity index (χ0) is 13.9. The Balaban J connectivity index is 2.17. The molecule has 0 spiro atoms. The monoisotopic (exact) mass is 263 g/mol. The molecule has 1 fully saturated rings. The Kier molecular flexibility index (Phi) is 4.16. The van der Waals surface area contributed by atoms with E-state index in [1.807, 2.05) is 12.1 Å². The molecule has 1 aromatic carbocycles. The summed E-state index contributed by atoms with van der Waals surface area (Å²) in [6, 6.07) is 8.18. The molecule has 0 bridgehead atoms. The van der Waals surface area contributed by atoms with Crippen LogP contribution < -0.4 is 10.1 Å². The number of morpholine rings is 1. The van der Waals surface area contributed by atoms with E-state index in [-0.39, 0.29) is 11.2 Å². The highest BCUT2D eigenvalue weighted by Gasteiger charge is 2.39. The Morgan fingerprint density at radius 2 is 1.89 bits per heavy atom. The van der Waals surface area contributed by atoms with E-state index >= 15 is 0 Å². The minimum atomic E-state index is -0.183. The second-order valence-electron chi connectivity index (χ2n) is 5.95. The van der Waals surface area contributed by atoms with Gasteiger partial charge in [0, 0.05) is 19.5 Å². The maximum atomic E-state index is 6.40. The summed E-state index contributed by atoms with van der Waals surface area (Å²) in [4.78, 5) is 0. The highest BCUT2D eigenvalue weighted by Crippen LogP contribution is 2.31. The van der Waals surface area contributed by atoms with Crippen LogP contribution >= 0.6 is 0 Å². The van der Waals surface area contributed by atoms with Crippen molar-refractivity contribution in [2.24, 2.45) is 0 Å². The van der Waals surface area contributed by atoms with E-state index < -0.39 is 0 Å². The number of ether oxygens (including phenoxy) is 2. The highest BCUT2D eigenvalue weighted by atomic mass is 16.5. The van der Waals surface area contributed by atoms with Crippen LogP contribution in [0.2, 0.25) is 0 Å². The summed E-state index contributed by atoms with van der Waals surface area (Å²) in [5.74, 6) is 0.941. The van der Waals surface area contributed by atoms with E-state index in [0.29, 0.717) is 0 Å². The Hall–Kier alpha value is -1.06. The lowest BCUT2D eigenvalue weighted by Crippen LogP contribution is -2.58. The van der Waals surface area contributed by atoms with Gasteiger partial charge in [-0.25, -0.2) is 0 Å². The first-order valence-corrected chi connectivity index (χ1v) is 7.03. The Labute approximate surface area is 116 Å². The van der Waals surface area contributed by atoms with Crippen LogP contribution in [0.25, 0.3) is 0 Å². The molecule has 1 aliphatic heterocycles. The predicted molar refractivity (Wildman–Crippen MR) is 77.8 cm³/mol. The minimum absolute atomic E-state index is 0.0744. The normalized spacial score (nSPS) is 31.2. The molecule has 1 aromatic rings. The number of rotatable bonds is 4. The summed E-state index contributed by atoms with van der Waals surface area (Å²) in [5.41, 5.74) is 0.946. The van der Waals surface area contributed by atoms with Crippen molar-refractivity contribution in [3.8, 4) is 5.75 Å². The summed E-state index contributed by atoms with van der Waals surface area (Å²) < 4.78 is 11.8. The lowest BCUT2D eigenvalue weighted by Gasteiger charge is -2.45. The smallest absolute Gasteiger partial charge is 0.122 e. The van der Waals surface area contributed by atoms with Crippen LogP contribution in [0.4, 0.5) is 0 Å². The molecule has 3 nitrogen and oxygen atoms in total. The largest absolute Gasteiger partial charge is 0.496 e. The Morgan fingerprint density at radius 1 is 1.21 bits per heavy atom. The summed E-state index contributed by atoms with van der Waals surface area (Å²) >= 11 is 0. The number of methoxy groups -OCH3 is 1. The fourth-order valence-corrected chi connectivity index (χ4v) is 2.81. The number of nitrogens with one attached hydrogen (secondary N) is 1. The third kappa shape index (κ3) is 3.28. The van der Waals surface area contributed by atoms with E-state index in [4.69, 9.17) is 9.47 Å². The van der Waals surface area contributed by atoms with Crippen LogP contribution in [0.15, 0.2) is 24.3 Å². The van der Waals surface area contributed by atoms with Crippen molar-refractivity contribution >= 4 is 0 Å². The lowest BCUT2D eigenvalue weighted by atomic mass is 9.90. The molecule has 0 amide bonds. The summed E-state index contributed by atoms with van der Waals surface area (Å²) in [7, 11) is 1.72. The number of benzene rings is 1. The van der Waals surface area contributed by atoms with E-state index in [9.17, 15) is 0 Å². The van der Waals surface area contributed by atoms with Crippen molar-refractivity contribution in [2.45, 2.75) is 44.8 Å². The molecule has 0 aromatic heterocycles. The molecule has 2 atom stereocenters. The average molecular weight is 263 g/mol. The van der Waals surface area contributed by atoms with Gasteiger partial charge in [-0.15, -0.1) is 0 Å². The maximum absolute atomic E-state index is 6.40. The number of hydrogen-bond acceptors (Lipinski definition) is 3. The first-order valence-electron chi connectivity index (χ1n) is 7.03. The molecule has 0 aliphatic carbocycles. The van der Waals surface area contributed by atoms with E-state index in [1.54, 1.807) is 7.11 Å². The quantitative estimate of drug-likeness (QED) is 0.906. The molecule has 1 aliphatic rings. The number of hydrogen-bond donors (Lipinski definition) is 1. The van der Waals surface area contributed by atoms with Gasteiger partial charge in [-0.1, -0.05) is 25.1 Å². The molecule has 19 heavy (non-hydrogen) atoms. The fourth-order valence-electron chi connectivity index (χ4n) is 2.81. The Morgan fingerprint density at radius 3 is 2.58 bits per heavy atom. The van der Waals surface area contributed by atoms with E-state index in [0.717, 1.165) is 31.7 Å². The molecule has 0 radical (unpaired) electrons. The molecule has 1 heterocycles. The first-order chi connectivity index (χ1) is 9.00. The van der Waals surface area contributed by atoms with E-state index in [1.165, 1.54) is 5.56 Å². The summed E-state index contributed by atoms with van der Waals surface area (Å²) in [6.07, 6.45) is 1.88. The second kappa shape index (κ2) is 5.51. The van der Waals surface area contributed by atoms with Crippen molar-refractivity contribution in [2.75, 3.05) is 20.2 Å². The molecule has 0 saturated carbocycles. The van der Waals surface area contributed by atoms with Crippen LogP contribution in [-0.2, 0) is 11.2 Å². The Bertz CT molecular complexity index is 435. The summed E-state index contributed by atoms with van der Waals surface area (Å²) in [5, 5.41) is 3.51. The van der Waals surface area contributed by atoms with Crippen molar-refractivity contribution in [1.29, 1.82) is 0 Å². The lowest BCUT2D eigenvalue weighted by molar-refractivity contribution is -0.162. The molecule has 1 saturated heterocycles. The van der Waals surface area contributed by atoms with E-state index in [2.05, 4.69) is 38.2 Å². The standard InChI is InChI=1S/C16H25NO2/c1-5-15(2)11-17-12-16(3,19-15)10-13-8-6-7-9-14(13)18-4/h6-9,17H,5,10-12H2,1-4H3. The summed E-state index contributed by atoms with van der Waals surface area (Å²) in [6.45, 7) is 8.33. The van der Waals surface area contributed by atoms with Crippen molar-refractivity contribution in [3.05, 3.63) is 29.8 Å². The highest BCUT2D eigenvalue weighted by molar-refractivity contribution is 5.34. The van der Waals surface area contributed by atoms with Crippen molar-refractivity contribution < 1.29 is 9.47 Å². The molecule has 1 N–H and O–H groups in total. The maximum Gasteiger partial charge on any atom is 0.122 e. The molecule has 106 valence electrons. The van der Waals surface area contributed by atoms with Gasteiger partial charge in [0.1, 0.15) is 5.75 Å². The molecule has 2 rings (SSSR count). The minimum Gasteiger partial charge on any atom is -0.496 e. The average Bonchev–Trinajstić information content (AvgIpc) is 2.39. The first kappa shape index (κ1) is 14.4. The molecule has 2 unspecified atom stereocenters. The fraction of sp³-hybridized carbons (Fsp3) is 0.625. The van der Waals surface area contributed by atoms with Gasteiger partial charge in [-0.05, 0) is 31.9 Å². The van der Waals surface area contributed by atoms with Crippen LogP contribution in [-0.4, -0.2) is 31.4 Å². The molecular formula is C16H25NO2. The van der Waals surface area contributed by atoms with Gasteiger partial charge in [0.25, 0.3) is 0 Å². The SMILES string of the molecule is CCC1(C)CNCC(C)(Cc2ccccc2OC)O1. The van der Waals surface area contributed by atoms with Crippen LogP contribution in [0.5, 0.6) is 5.75 Å². The predicted octanol–water partition coefficient (Wildman–Crippen LogP) is 2.78. The topological polar surface area (TPSA) is 30.5 Å². The van der Waals surface area contributed by atoms with Crippen molar-refractivity contribution in [3.63, 3.8) is 0 Å². The van der Waals surface area contributed by atoms with Gasteiger partial charge >= 0.3 is 0 Å². The van der Waals surface area contributed by atoms with Crippen molar-refractivity contribution in [1.82, 2.24) is 5.32 Å². The van der Waals surface area contributed by atoms with Gasteiger partial charge < -0.3 is 14.8 Å². The third-order valence-electron chi connectivity index (χ3n) is 4.00.